The van der Waals surface area contributed by atoms with Crippen LogP contribution in [0, 0.1) is 51.8 Å². The molecule has 4 rings (SSSR count). The Morgan fingerprint density at radius 2 is 1.96 bits per heavy atom. The molecule has 0 radical (unpaired) electrons. The molecule has 1 nitrogen and oxygen atoms in total. The highest BCUT2D eigenvalue weighted by atomic mass is 14.6. The molecule has 7 atom stereocenters. The zero-order valence-electron chi connectivity index (χ0n) is 15.3. The Morgan fingerprint density at radius 3 is 2.74 bits per heavy atom. The zero-order chi connectivity index (χ0) is 16.2. The topological polar surface area (TPSA) is 23.8 Å². The van der Waals surface area contributed by atoms with Crippen molar-refractivity contribution >= 4 is 0 Å². The Balaban J connectivity index is 1.71. The molecule has 1 heteroatoms. The van der Waals surface area contributed by atoms with Gasteiger partial charge in [0.15, 0.2) is 0 Å². The lowest BCUT2D eigenvalue weighted by molar-refractivity contribution is -0.124. The summed E-state index contributed by atoms with van der Waals surface area (Å²) in [5, 5.41) is 9.20. The molecule has 0 amide bonds. The predicted octanol–water partition coefficient (Wildman–Crippen LogP) is 6.12. The van der Waals surface area contributed by atoms with Crippen LogP contribution in [-0.2, 0) is 0 Å². The summed E-state index contributed by atoms with van der Waals surface area (Å²) in [6.07, 6.45) is 14.6. The van der Waals surface area contributed by atoms with Gasteiger partial charge in [-0.1, -0.05) is 39.2 Å². The van der Waals surface area contributed by atoms with Gasteiger partial charge in [-0.05, 0) is 85.4 Å². The van der Waals surface area contributed by atoms with E-state index in [1.54, 1.807) is 0 Å². The van der Waals surface area contributed by atoms with Crippen LogP contribution in [0.4, 0.5) is 0 Å². The zero-order valence-corrected chi connectivity index (χ0v) is 15.3. The summed E-state index contributed by atoms with van der Waals surface area (Å²) in [6, 6.07) is 2.35. The maximum Gasteiger partial charge on any atom is 0.0911 e. The molecule has 4 aliphatic rings. The van der Waals surface area contributed by atoms with E-state index in [4.69, 9.17) is 0 Å². The first kappa shape index (κ1) is 15.7. The van der Waals surface area contributed by atoms with Gasteiger partial charge in [-0.2, -0.15) is 5.26 Å². The average Bonchev–Trinajstić information content (AvgIpc) is 2.83. The second-order valence-electron chi connectivity index (χ2n) is 9.76. The molecular formula is C22H33N. The van der Waals surface area contributed by atoms with Gasteiger partial charge in [-0.15, -0.1) is 0 Å². The SMILES string of the molecule is C[C@H]1CC2(C)/C(=C\C#N)CCC2C2CCC3CCCCC3(C)C21. The van der Waals surface area contributed by atoms with Crippen molar-refractivity contribution in [2.24, 2.45) is 40.4 Å². The molecule has 0 bridgehead atoms. The third-order valence-corrected chi connectivity index (χ3v) is 8.91. The summed E-state index contributed by atoms with van der Waals surface area (Å²) >= 11 is 0. The number of nitriles is 1. The van der Waals surface area contributed by atoms with E-state index in [2.05, 4.69) is 26.8 Å². The molecule has 0 aromatic heterocycles. The maximum absolute atomic E-state index is 9.20. The van der Waals surface area contributed by atoms with Crippen molar-refractivity contribution < 1.29 is 0 Å². The Morgan fingerprint density at radius 1 is 1.13 bits per heavy atom. The molecule has 4 saturated carbocycles. The molecule has 0 aromatic carbocycles. The van der Waals surface area contributed by atoms with Crippen LogP contribution in [0.25, 0.3) is 0 Å². The largest absolute Gasteiger partial charge is 0.193 e. The van der Waals surface area contributed by atoms with Crippen molar-refractivity contribution in [3.05, 3.63) is 11.6 Å². The van der Waals surface area contributed by atoms with Crippen molar-refractivity contribution in [2.45, 2.75) is 78.6 Å². The second-order valence-corrected chi connectivity index (χ2v) is 9.76. The second kappa shape index (κ2) is 5.37. The van der Waals surface area contributed by atoms with Gasteiger partial charge in [0, 0.05) is 6.08 Å². The Kier molecular flexibility index (Phi) is 3.67. The summed E-state index contributed by atoms with van der Waals surface area (Å²) in [7, 11) is 0. The van der Waals surface area contributed by atoms with Gasteiger partial charge >= 0.3 is 0 Å². The molecule has 0 N–H and O–H groups in total. The minimum atomic E-state index is 0.328. The van der Waals surface area contributed by atoms with E-state index in [-0.39, 0.29) is 0 Å². The highest BCUT2D eigenvalue weighted by Gasteiger charge is 2.60. The van der Waals surface area contributed by atoms with E-state index in [0.717, 1.165) is 29.6 Å². The lowest BCUT2D eigenvalue weighted by atomic mass is 9.43. The maximum atomic E-state index is 9.20. The van der Waals surface area contributed by atoms with Gasteiger partial charge in [-0.3, -0.25) is 0 Å². The molecule has 4 aliphatic carbocycles. The van der Waals surface area contributed by atoms with Crippen LogP contribution >= 0.6 is 0 Å². The van der Waals surface area contributed by atoms with Gasteiger partial charge in [0.1, 0.15) is 0 Å². The molecule has 0 saturated heterocycles. The van der Waals surface area contributed by atoms with E-state index in [1.165, 1.54) is 63.4 Å². The minimum Gasteiger partial charge on any atom is -0.193 e. The predicted molar refractivity (Wildman–Crippen MR) is 94.6 cm³/mol. The lowest BCUT2D eigenvalue weighted by Crippen LogP contribution is -2.55. The molecule has 0 spiro atoms. The summed E-state index contributed by atoms with van der Waals surface area (Å²) in [6.45, 7) is 7.70. The van der Waals surface area contributed by atoms with Crippen LogP contribution < -0.4 is 0 Å². The molecule has 0 heterocycles. The monoisotopic (exact) mass is 311 g/mol. The minimum absolute atomic E-state index is 0.328. The molecule has 0 aliphatic heterocycles. The fraction of sp³-hybridized carbons (Fsp3) is 0.864. The van der Waals surface area contributed by atoms with Crippen molar-refractivity contribution in [3.63, 3.8) is 0 Å². The Hall–Kier alpha value is -0.770. The van der Waals surface area contributed by atoms with Gasteiger partial charge in [0.2, 0.25) is 0 Å². The van der Waals surface area contributed by atoms with E-state index in [9.17, 15) is 5.26 Å². The number of fused-ring (bicyclic) bond motifs is 5. The fourth-order valence-corrected chi connectivity index (χ4v) is 8.16. The third-order valence-electron chi connectivity index (χ3n) is 8.91. The first-order valence-corrected chi connectivity index (χ1v) is 10.1. The third kappa shape index (κ3) is 2.09. The number of allylic oxidation sites excluding steroid dienone is 2. The van der Waals surface area contributed by atoms with Crippen LogP contribution in [0.3, 0.4) is 0 Å². The van der Waals surface area contributed by atoms with E-state index >= 15 is 0 Å². The number of rotatable bonds is 0. The number of nitrogens with zero attached hydrogens (tertiary/aromatic N) is 1. The lowest BCUT2D eigenvalue weighted by Gasteiger charge is -2.62. The summed E-state index contributed by atoms with van der Waals surface area (Å²) in [5.41, 5.74) is 2.42. The molecule has 0 aromatic rings. The van der Waals surface area contributed by atoms with E-state index < -0.39 is 0 Å². The normalized spacial score (nSPS) is 54.0. The fourth-order valence-electron chi connectivity index (χ4n) is 8.16. The Labute approximate surface area is 142 Å². The first-order valence-electron chi connectivity index (χ1n) is 10.1. The molecule has 126 valence electrons. The van der Waals surface area contributed by atoms with Gasteiger partial charge in [0.05, 0.1) is 6.07 Å². The van der Waals surface area contributed by atoms with Gasteiger partial charge in [-0.25, -0.2) is 0 Å². The van der Waals surface area contributed by atoms with Gasteiger partial charge in [0.25, 0.3) is 0 Å². The molecule has 23 heavy (non-hydrogen) atoms. The van der Waals surface area contributed by atoms with Crippen molar-refractivity contribution in [2.75, 3.05) is 0 Å². The number of hydrogen-bond donors (Lipinski definition) is 0. The van der Waals surface area contributed by atoms with E-state index in [1.807, 2.05) is 6.08 Å². The van der Waals surface area contributed by atoms with E-state index in [0.29, 0.717) is 10.8 Å². The van der Waals surface area contributed by atoms with Crippen LogP contribution in [0.5, 0.6) is 0 Å². The molecule has 6 unspecified atom stereocenters. The molecule has 4 fully saturated rings. The first-order chi connectivity index (χ1) is 11.0. The van der Waals surface area contributed by atoms with Crippen LogP contribution in [-0.4, -0.2) is 0 Å². The standard InChI is InChI=1S/C22H33N/c1-15-14-22(3)17(11-13-23)8-10-19(22)18-9-7-16-6-4-5-12-21(16,2)20(15)18/h11,15-16,18-20H,4-10,12,14H2,1-3H3/b17-11-/t15-,16?,18?,19?,20?,21?,22?/m0/s1. The number of hydrogen-bond acceptors (Lipinski definition) is 1. The smallest absolute Gasteiger partial charge is 0.0911 e. The van der Waals surface area contributed by atoms with Crippen molar-refractivity contribution in [3.8, 4) is 6.07 Å². The summed E-state index contributed by atoms with van der Waals surface area (Å²) in [4.78, 5) is 0. The highest BCUT2D eigenvalue weighted by Crippen LogP contribution is 2.68. The van der Waals surface area contributed by atoms with Crippen LogP contribution in [0.1, 0.15) is 78.6 Å². The van der Waals surface area contributed by atoms with Gasteiger partial charge < -0.3 is 0 Å². The van der Waals surface area contributed by atoms with Crippen LogP contribution in [0.15, 0.2) is 11.6 Å². The summed E-state index contributed by atoms with van der Waals surface area (Å²) in [5.74, 6) is 4.55. The quantitative estimate of drug-likeness (QED) is 0.495. The Bertz CT molecular complexity index is 555. The van der Waals surface area contributed by atoms with Crippen molar-refractivity contribution in [1.82, 2.24) is 0 Å². The summed E-state index contributed by atoms with van der Waals surface area (Å²) < 4.78 is 0. The van der Waals surface area contributed by atoms with Crippen molar-refractivity contribution in [1.29, 1.82) is 5.26 Å². The molecular weight excluding hydrogens is 278 g/mol. The van der Waals surface area contributed by atoms with Crippen LogP contribution in [0.2, 0.25) is 0 Å². The highest BCUT2D eigenvalue weighted by molar-refractivity contribution is 5.28. The average molecular weight is 312 g/mol.